The molecule has 0 N–H and O–H groups in total. The molecule has 0 aliphatic rings. The van der Waals surface area contributed by atoms with Crippen LogP contribution < -0.4 is 0 Å². The predicted octanol–water partition coefficient (Wildman–Crippen LogP) is 5.81. The minimum Gasteiger partial charge on any atom is -0.358 e. The fourth-order valence-corrected chi connectivity index (χ4v) is 1.31. The average Bonchev–Trinajstić information content (AvgIpc) is 2.45. The van der Waals surface area contributed by atoms with Crippen LogP contribution in [-0.2, 0) is 21.1 Å². The van der Waals surface area contributed by atoms with E-state index in [1.807, 2.05) is 58.0 Å². The zero-order chi connectivity index (χ0) is 13.1. The van der Waals surface area contributed by atoms with Crippen LogP contribution in [0.4, 0.5) is 0 Å². The van der Waals surface area contributed by atoms with Gasteiger partial charge in [-0.1, -0.05) is 46.8 Å². The normalized spacial score (nSPS) is 7.05. The first-order valence-electron chi connectivity index (χ1n) is 6.26. The van der Waals surface area contributed by atoms with Gasteiger partial charge in [0.15, 0.2) is 0 Å². The largest absolute Gasteiger partial charge is 0.358 e. The van der Waals surface area contributed by atoms with E-state index in [2.05, 4.69) is 24.0 Å². The van der Waals surface area contributed by atoms with E-state index in [0.29, 0.717) is 0 Å². The molecule has 0 radical (unpaired) electrons. The van der Waals surface area contributed by atoms with E-state index in [0.717, 1.165) is 11.3 Å². The molecule has 0 aliphatic carbocycles. The molecule has 118 valence electrons. The Balaban J connectivity index is -0.000000169. The van der Waals surface area contributed by atoms with Gasteiger partial charge in [-0.3, -0.25) is 0 Å². The van der Waals surface area contributed by atoms with Crippen LogP contribution in [0.15, 0.2) is 42.6 Å². The Morgan fingerprint density at radius 1 is 0.900 bits per heavy atom. The first-order valence-corrected chi connectivity index (χ1v) is 6.26. The maximum Gasteiger partial charge on any atom is 0.0160 e. The Bertz CT molecular complexity index is 399. The fraction of sp³-hybridized carbons (Fsp3) is 0.278. The van der Waals surface area contributed by atoms with E-state index in [9.17, 15) is 0 Å². The van der Waals surface area contributed by atoms with Crippen LogP contribution in [0.5, 0.6) is 0 Å². The minimum atomic E-state index is 0. The summed E-state index contributed by atoms with van der Waals surface area (Å²) in [7, 11) is 0. The first-order chi connectivity index (χ1) is 8.38. The van der Waals surface area contributed by atoms with E-state index >= 15 is 0 Å². The third-order valence-electron chi connectivity index (χ3n) is 1.99. The molecular formula is C18H28NPt-3. The average molecular weight is 454 g/mol. The van der Waals surface area contributed by atoms with Crippen molar-refractivity contribution in [3.05, 3.63) is 69.1 Å². The number of aromatic nitrogens is 1. The van der Waals surface area contributed by atoms with Crippen molar-refractivity contribution in [2.75, 3.05) is 0 Å². The van der Waals surface area contributed by atoms with Gasteiger partial charge < -0.3 is 19.8 Å². The number of aryl methyl sites for hydroxylation is 1. The number of pyridine rings is 1. The van der Waals surface area contributed by atoms with Gasteiger partial charge in [0.2, 0.25) is 0 Å². The third-order valence-corrected chi connectivity index (χ3v) is 1.99. The Hall–Kier alpha value is -0.942. The molecule has 1 aromatic heterocycles. The van der Waals surface area contributed by atoms with Crippen LogP contribution in [0.1, 0.15) is 33.3 Å². The van der Waals surface area contributed by atoms with Gasteiger partial charge in [-0.15, -0.1) is 35.4 Å². The molecule has 1 nitrogen and oxygen atoms in total. The molecule has 1 heterocycles. The molecule has 0 atom stereocenters. The summed E-state index contributed by atoms with van der Waals surface area (Å²) in [5.41, 5.74) is 3.28. The molecule has 1 aromatic carbocycles. The summed E-state index contributed by atoms with van der Waals surface area (Å²) in [6.45, 7) is 10.1. The summed E-state index contributed by atoms with van der Waals surface area (Å²) in [6, 6.07) is 15.1. The second kappa shape index (κ2) is 18.1. The Morgan fingerprint density at radius 2 is 1.50 bits per heavy atom. The van der Waals surface area contributed by atoms with Crippen LogP contribution in [0, 0.1) is 27.8 Å². The van der Waals surface area contributed by atoms with Gasteiger partial charge in [0.25, 0.3) is 0 Å². The van der Waals surface area contributed by atoms with E-state index in [1.165, 1.54) is 5.56 Å². The molecule has 2 aromatic rings. The van der Waals surface area contributed by atoms with Gasteiger partial charge in [-0.25, -0.2) is 0 Å². The third kappa shape index (κ3) is 9.04. The van der Waals surface area contributed by atoms with Gasteiger partial charge in [0.05, 0.1) is 0 Å². The molecule has 0 saturated heterocycles. The molecule has 2 rings (SSSR count). The Morgan fingerprint density at radius 3 is 1.95 bits per heavy atom. The molecule has 2 heteroatoms. The molecule has 0 saturated carbocycles. The van der Waals surface area contributed by atoms with Crippen molar-refractivity contribution in [2.45, 2.75) is 34.6 Å². The van der Waals surface area contributed by atoms with E-state index in [4.69, 9.17) is 0 Å². The summed E-state index contributed by atoms with van der Waals surface area (Å²) in [6.07, 6.45) is 1.80. The number of nitrogens with zero attached hydrogens (tertiary/aromatic N) is 1. The molecular weight excluding hydrogens is 425 g/mol. The van der Waals surface area contributed by atoms with Gasteiger partial charge in [-0.2, -0.15) is 0 Å². The van der Waals surface area contributed by atoms with Crippen molar-refractivity contribution >= 4 is 0 Å². The minimum absolute atomic E-state index is 0. The van der Waals surface area contributed by atoms with Gasteiger partial charge in [0, 0.05) is 27.3 Å². The van der Waals surface area contributed by atoms with Crippen molar-refractivity contribution in [1.82, 2.24) is 4.98 Å². The van der Waals surface area contributed by atoms with Gasteiger partial charge >= 0.3 is 0 Å². The quantitative estimate of drug-likeness (QED) is 0.497. The van der Waals surface area contributed by atoms with Gasteiger partial charge in [-0.05, 0) is 11.8 Å². The topological polar surface area (TPSA) is 12.9 Å². The standard InChI is InChI=1S/C12H10N.2C2H6.2CH3.Pt/c1-10-6-2-3-7-11(10)12-8-4-5-9-13-12;2*1-2;;;/h2-6,8-9H,1H3;2*1-2H3;2*1H3;/q-1;;;2*-1;. The first kappa shape index (κ1) is 27.4. The summed E-state index contributed by atoms with van der Waals surface area (Å²) < 4.78 is 0. The monoisotopic (exact) mass is 453 g/mol. The van der Waals surface area contributed by atoms with Crippen LogP contribution >= 0.6 is 0 Å². The molecule has 0 aliphatic heterocycles. The molecule has 0 bridgehead atoms. The second-order valence-electron chi connectivity index (χ2n) is 2.94. The zero-order valence-electron chi connectivity index (χ0n) is 13.8. The summed E-state index contributed by atoms with van der Waals surface area (Å²) in [4.78, 5) is 4.28. The molecule has 0 amide bonds. The molecule has 0 spiro atoms. The van der Waals surface area contributed by atoms with Crippen molar-refractivity contribution < 1.29 is 21.1 Å². The van der Waals surface area contributed by atoms with Crippen molar-refractivity contribution in [1.29, 1.82) is 0 Å². The van der Waals surface area contributed by atoms with Gasteiger partial charge in [0.1, 0.15) is 0 Å². The number of benzene rings is 1. The van der Waals surface area contributed by atoms with E-state index < -0.39 is 0 Å². The van der Waals surface area contributed by atoms with E-state index in [-0.39, 0.29) is 35.9 Å². The predicted molar refractivity (Wildman–Crippen MR) is 88.8 cm³/mol. The molecule has 0 unspecified atom stereocenters. The number of hydrogen-bond donors (Lipinski definition) is 0. The maximum absolute atomic E-state index is 4.28. The SMILES string of the molecule is CC.CC.Cc1ccc[c-]c1-c1ccccn1.[CH3-].[CH3-].[Pt]. The van der Waals surface area contributed by atoms with Crippen LogP contribution in [0.25, 0.3) is 11.3 Å². The van der Waals surface area contributed by atoms with Crippen molar-refractivity contribution in [3.8, 4) is 11.3 Å². The van der Waals surface area contributed by atoms with Crippen molar-refractivity contribution in [2.24, 2.45) is 0 Å². The summed E-state index contributed by atoms with van der Waals surface area (Å²) in [5, 5.41) is 0. The van der Waals surface area contributed by atoms with E-state index in [1.54, 1.807) is 6.20 Å². The maximum atomic E-state index is 4.28. The summed E-state index contributed by atoms with van der Waals surface area (Å²) >= 11 is 0. The molecule has 0 fully saturated rings. The van der Waals surface area contributed by atoms with Crippen molar-refractivity contribution in [3.63, 3.8) is 0 Å². The smallest absolute Gasteiger partial charge is 0.0160 e. The Labute approximate surface area is 141 Å². The van der Waals surface area contributed by atoms with Crippen LogP contribution in [0.2, 0.25) is 0 Å². The summed E-state index contributed by atoms with van der Waals surface area (Å²) in [5.74, 6) is 0. The second-order valence-corrected chi connectivity index (χ2v) is 2.94. The Kier molecular flexibility index (Phi) is 24.7. The molecule has 20 heavy (non-hydrogen) atoms. The number of hydrogen-bond acceptors (Lipinski definition) is 1. The number of rotatable bonds is 1. The fourth-order valence-electron chi connectivity index (χ4n) is 1.31. The van der Waals surface area contributed by atoms with Crippen LogP contribution in [0.3, 0.4) is 0 Å². The zero-order valence-corrected chi connectivity index (χ0v) is 16.1. The van der Waals surface area contributed by atoms with Crippen LogP contribution in [-0.4, -0.2) is 4.98 Å².